The van der Waals surface area contributed by atoms with Gasteiger partial charge in [-0.2, -0.15) is 0 Å². The summed E-state index contributed by atoms with van der Waals surface area (Å²) >= 11 is 3.38. The molecule has 1 aliphatic heterocycles. The van der Waals surface area contributed by atoms with E-state index < -0.39 is 11.6 Å². The summed E-state index contributed by atoms with van der Waals surface area (Å²) < 4.78 is 6.73. The summed E-state index contributed by atoms with van der Waals surface area (Å²) in [5.74, 6) is -0.933. The van der Waals surface area contributed by atoms with E-state index in [-0.39, 0.29) is 6.61 Å². The first-order valence-electron chi connectivity index (χ1n) is 7.22. The van der Waals surface area contributed by atoms with E-state index >= 15 is 0 Å². The highest BCUT2D eigenvalue weighted by atomic mass is 79.9. The average molecular weight is 355 g/mol. The van der Waals surface area contributed by atoms with Gasteiger partial charge in [-0.1, -0.05) is 0 Å². The molecule has 1 saturated heterocycles. The molecule has 0 bridgehead atoms. The molecule has 3 rings (SSSR count). The van der Waals surface area contributed by atoms with Crippen molar-refractivity contribution in [3.8, 4) is 0 Å². The lowest BCUT2D eigenvalue weighted by molar-refractivity contribution is -0.158. The molecule has 1 aromatic heterocycles. The number of carboxylic acids is 1. The summed E-state index contributed by atoms with van der Waals surface area (Å²) in [5.41, 5.74) is 0.680. The molecule has 1 aliphatic carbocycles. The van der Waals surface area contributed by atoms with Crippen LogP contribution < -0.4 is 5.32 Å². The number of ether oxygens (including phenoxy) is 1. The number of nitrogens with one attached hydrogen (secondary N) is 1. The molecule has 5 nitrogen and oxygen atoms in total. The van der Waals surface area contributed by atoms with Crippen LogP contribution in [-0.4, -0.2) is 35.8 Å². The molecule has 1 aromatic rings. The molecule has 6 heteroatoms. The van der Waals surface area contributed by atoms with Crippen LogP contribution in [0.5, 0.6) is 0 Å². The minimum absolute atomic E-state index is 0.275. The van der Waals surface area contributed by atoms with Crippen molar-refractivity contribution in [2.45, 2.75) is 31.3 Å². The molecule has 114 valence electrons. The second kappa shape index (κ2) is 5.66. The first-order chi connectivity index (χ1) is 10.0. The number of rotatable bonds is 4. The third kappa shape index (κ3) is 2.98. The van der Waals surface area contributed by atoms with E-state index in [1.165, 1.54) is 0 Å². The molecule has 1 spiro atoms. The second-order valence-electron chi connectivity index (χ2n) is 6.14. The fraction of sp³-hybridized carbons (Fsp3) is 0.600. The number of halogens is 1. The molecular formula is C15H19BrN2O3. The molecular weight excluding hydrogens is 336 g/mol. The predicted molar refractivity (Wildman–Crippen MR) is 81.0 cm³/mol. The molecule has 21 heavy (non-hydrogen) atoms. The van der Waals surface area contributed by atoms with Gasteiger partial charge in [-0.25, -0.2) is 4.79 Å². The first kappa shape index (κ1) is 14.9. The normalized spacial score (nSPS) is 22.7. The van der Waals surface area contributed by atoms with Gasteiger partial charge in [0.15, 0.2) is 0 Å². The Morgan fingerprint density at radius 3 is 2.52 bits per heavy atom. The number of aromatic nitrogens is 1. The van der Waals surface area contributed by atoms with E-state index in [1.54, 1.807) is 6.20 Å². The quantitative estimate of drug-likeness (QED) is 0.867. The van der Waals surface area contributed by atoms with Crippen LogP contribution in [0, 0.1) is 5.41 Å². The molecule has 2 heterocycles. The fourth-order valence-electron chi connectivity index (χ4n) is 3.34. The summed E-state index contributed by atoms with van der Waals surface area (Å²) in [7, 11) is 0. The van der Waals surface area contributed by atoms with E-state index in [1.807, 2.05) is 12.1 Å². The minimum Gasteiger partial charge on any atom is -0.480 e. The van der Waals surface area contributed by atoms with Crippen LogP contribution in [0.15, 0.2) is 22.8 Å². The Morgan fingerprint density at radius 2 is 2.05 bits per heavy atom. The van der Waals surface area contributed by atoms with Crippen LogP contribution >= 0.6 is 15.9 Å². The number of aliphatic carboxylic acids is 1. The topological polar surface area (TPSA) is 71.5 Å². The van der Waals surface area contributed by atoms with Crippen LogP contribution in [0.4, 0.5) is 0 Å². The zero-order chi connectivity index (χ0) is 14.9. The van der Waals surface area contributed by atoms with Crippen LogP contribution in [0.1, 0.15) is 31.4 Å². The Kier molecular flexibility index (Phi) is 4.03. The smallest absolute Gasteiger partial charge is 0.329 e. The summed E-state index contributed by atoms with van der Waals surface area (Å²) in [6.45, 7) is 1.86. The SMILES string of the molecule is O=C(O)COC1(c2ccc(Br)cn2)CCC2(CC1)CNC2. The van der Waals surface area contributed by atoms with Crippen LogP contribution in [0.3, 0.4) is 0 Å². The van der Waals surface area contributed by atoms with Gasteiger partial charge in [0.1, 0.15) is 12.2 Å². The largest absolute Gasteiger partial charge is 0.480 e. The van der Waals surface area contributed by atoms with E-state index in [0.717, 1.165) is 48.9 Å². The lowest BCUT2D eigenvalue weighted by atomic mass is 9.64. The van der Waals surface area contributed by atoms with E-state index in [4.69, 9.17) is 9.84 Å². The van der Waals surface area contributed by atoms with E-state index in [2.05, 4.69) is 26.2 Å². The number of carboxylic acid groups (broad SMARTS) is 1. The highest BCUT2D eigenvalue weighted by Gasteiger charge is 2.48. The Balaban J connectivity index is 1.81. The molecule has 0 unspecified atom stereocenters. The maximum absolute atomic E-state index is 10.9. The zero-order valence-corrected chi connectivity index (χ0v) is 13.4. The predicted octanol–water partition coefficient (Wildman–Crippen LogP) is 2.30. The molecule has 1 saturated carbocycles. The standard InChI is InChI=1S/C15H19BrN2O3/c16-11-1-2-12(18-7-11)15(21-8-13(19)20)5-3-14(4-6-15)9-17-10-14/h1-2,7,17H,3-6,8-10H2,(H,19,20). The molecule has 0 amide bonds. The molecule has 0 radical (unpaired) electrons. The Hall–Kier alpha value is -0.980. The summed E-state index contributed by atoms with van der Waals surface area (Å²) in [4.78, 5) is 15.4. The summed E-state index contributed by atoms with van der Waals surface area (Å²) in [6, 6.07) is 3.87. The van der Waals surface area contributed by atoms with Crippen molar-refractivity contribution < 1.29 is 14.6 Å². The Labute approximate surface area is 132 Å². The maximum atomic E-state index is 10.9. The lowest BCUT2D eigenvalue weighted by Crippen LogP contribution is -2.57. The number of pyridine rings is 1. The monoisotopic (exact) mass is 354 g/mol. The number of nitrogens with zero attached hydrogens (tertiary/aromatic N) is 1. The zero-order valence-electron chi connectivity index (χ0n) is 11.8. The Bertz CT molecular complexity index is 518. The van der Waals surface area contributed by atoms with Gasteiger partial charge in [0.2, 0.25) is 0 Å². The third-order valence-corrected chi connectivity index (χ3v) is 5.25. The lowest BCUT2D eigenvalue weighted by Gasteiger charge is -2.51. The summed E-state index contributed by atoms with van der Waals surface area (Å²) in [5, 5.41) is 12.3. The maximum Gasteiger partial charge on any atom is 0.329 e. The number of hydrogen-bond acceptors (Lipinski definition) is 4. The van der Waals surface area contributed by atoms with Crippen molar-refractivity contribution in [2.24, 2.45) is 5.41 Å². The van der Waals surface area contributed by atoms with Gasteiger partial charge in [0, 0.05) is 23.8 Å². The highest BCUT2D eigenvalue weighted by molar-refractivity contribution is 9.10. The van der Waals surface area contributed by atoms with Gasteiger partial charge >= 0.3 is 5.97 Å². The van der Waals surface area contributed by atoms with Crippen molar-refractivity contribution in [1.29, 1.82) is 0 Å². The van der Waals surface area contributed by atoms with E-state index in [9.17, 15) is 4.79 Å². The van der Waals surface area contributed by atoms with Crippen LogP contribution in [0.25, 0.3) is 0 Å². The second-order valence-corrected chi connectivity index (χ2v) is 7.06. The minimum atomic E-state index is -0.933. The molecule has 0 atom stereocenters. The third-order valence-electron chi connectivity index (χ3n) is 4.78. The number of carbonyl (C=O) groups is 1. The van der Waals surface area contributed by atoms with Crippen LogP contribution in [0.2, 0.25) is 0 Å². The van der Waals surface area contributed by atoms with Crippen LogP contribution in [-0.2, 0) is 15.1 Å². The van der Waals surface area contributed by atoms with Crippen molar-refractivity contribution in [1.82, 2.24) is 10.3 Å². The fourth-order valence-corrected chi connectivity index (χ4v) is 3.57. The summed E-state index contributed by atoms with van der Waals surface area (Å²) in [6.07, 6.45) is 5.51. The van der Waals surface area contributed by atoms with Crippen molar-refractivity contribution >= 4 is 21.9 Å². The molecule has 0 aromatic carbocycles. The molecule has 2 aliphatic rings. The van der Waals surface area contributed by atoms with Gasteiger partial charge in [0.25, 0.3) is 0 Å². The van der Waals surface area contributed by atoms with Crippen molar-refractivity contribution in [3.05, 3.63) is 28.5 Å². The first-order valence-corrected chi connectivity index (χ1v) is 8.02. The Morgan fingerprint density at radius 1 is 1.33 bits per heavy atom. The van der Waals surface area contributed by atoms with Gasteiger partial charge in [-0.3, -0.25) is 4.98 Å². The number of hydrogen-bond donors (Lipinski definition) is 2. The van der Waals surface area contributed by atoms with E-state index in [0.29, 0.717) is 5.41 Å². The van der Waals surface area contributed by atoms with Gasteiger partial charge in [-0.05, 0) is 59.2 Å². The average Bonchev–Trinajstić information content (AvgIpc) is 2.45. The molecule has 2 fully saturated rings. The highest BCUT2D eigenvalue weighted by Crippen LogP contribution is 2.48. The van der Waals surface area contributed by atoms with Crippen molar-refractivity contribution in [2.75, 3.05) is 19.7 Å². The molecule has 2 N–H and O–H groups in total. The van der Waals surface area contributed by atoms with Gasteiger partial charge in [0.05, 0.1) is 5.69 Å². The van der Waals surface area contributed by atoms with Crippen molar-refractivity contribution in [3.63, 3.8) is 0 Å². The van der Waals surface area contributed by atoms with Gasteiger partial charge < -0.3 is 15.2 Å². The van der Waals surface area contributed by atoms with Gasteiger partial charge in [-0.15, -0.1) is 0 Å².